The maximum absolute atomic E-state index is 4.42. The number of aromatic nitrogens is 2. The van der Waals surface area contributed by atoms with Gasteiger partial charge in [0.2, 0.25) is 0 Å². The highest BCUT2D eigenvalue weighted by Crippen LogP contribution is 2.48. The molecule has 1 saturated carbocycles. The molecule has 1 aromatic heterocycles. The fourth-order valence-electron chi connectivity index (χ4n) is 2.02. The van der Waals surface area contributed by atoms with Crippen molar-refractivity contribution in [1.29, 1.82) is 0 Å². The van der Waals surface area contributed by atoms with E-state index >= 15 is 0 Å². The Balaban J connectivity index is 2.01. The van der Waals surface area contributed by atoms with Gasteiger partial charge in [0.15, 0.2) is 0 Å². The van der Waals surface area contributed by atoms with Crippen LogP contribution in [0.2, 0.25) is 0 Å². The van der Waals surface area contributed by atoms with Crippen molar-refractivity contribution in [3.05, 3.63) is 18.0 Å². The van der Waals surface area contributed by atoms with Crippen LogP contribution in [0.5, 0.6) is 0 Å². The highest BCUT2D eigenvalue weighted by molar-refractivity contribution is 5.07. The van der Waals surface area contributed by atoms with Gasteiger partial charge in [0.1, 0.15) is 0 Å². The molecular formula is C11H19N3. The Labute approximate surface area is 85.5 Å². The Morgan fingerprint density at radius 3 is 2.79 bits per heavy atom. The first kappa shape index (κ1) is 9.71. The lowest BCUT2D eigenvalue weighted by Crippen LogP contribution is -2.35. The Bertz CT molecular complexity index is 312. The van der Waals surface area contributed by atoms with Gasteiger partial charge in [-0.1, -0.05) is 6.92 Å². The number of hydrogen-bond acceptors (Lipinski definition) is 2. The van der Waals surface area contributed by atoms with Gasteiger partial charge in [-0.15, -0.1) is 0 Å². The molecule has 2 rings (SSSR count). The van der Waals surface area contributed by atoms with Gasteiger partial charge in [0.05, 0.1) is 5.69 Å². The van der Waals surface area contributed by atoms with Crippen LogP contribution in [0.15, 0.2) is 12.3 Å². The lowest BCUT2D eigenvalue weighted by atomic mass is 9.95. The molecule has 1 fully saturated rings. The molecule has 1 aliphatic rings. The van der Waals surface area contributed by atoms with E-state index in [0.717, 1.165) is 6.42 Å². The van der Waals surface area contributed by atoms with Gasteiger partial charge in [-0.05, 0) is 31.4 Å². The van der Waals surface area contributed by atoms with Crippen LogP contribution in [-0.2, 0) is 13.5 Å². The molecule has 3 heteroatoms. The van der Waals surface area contributed by atoms with E-state index in [2.05, 4.69) is 30.5 Å². The van der Waals surface area contributed by atoms with Crippen molar-refractivity contribution in [1.82, 2.24) is 15.1 Å². The minimum absolute atomic E-state index is 0.520. The molecule has 3 nitrogen and oxygen atoms in total. The zero-order valence-corrected chi connectivity index (χ0v) is 9.25. The molecule has 1 unspecified atom stereocenters. The molecule has 1 atom stereocenters. The highest BCUT2D eigenvalue weighted by Gasteiger charge is 2.44. The second-order valence-electron chi connectivity index (χ2n) is 4.68. The molecular weight excluding hydrogens is 174 g/mol. The average Bonchev–Trinajstić information content (AvgIpc) is 2.76. The first-order valence-electron chi connectivity index (χ1n) is 5.30. The van der Waals surface area contributed by atoms with E-state index in [1.807, 2.05) is 17.9 Å². The first-order valence-corrected chi connectivity index (χ1v) is 5.30. The Morgan fingerprint density at radius 2 is 2.36 bits per heavy atom. The SMILES string of the molecule is CNC(Cc1ccn(C)n1)C1(C)CC1. The normalized spacial score (nSPS) is 20.8. The summed E-state index contributed by atoms with van der Waals surface area (Å²) in [6.45, 7) is 2.36. The summed E-state index contributed by atoms with van der Waals surface area (Å²) in [5.74, 6) is 0. The van der Waals surface area contributed by atoms with Gasteiger partial charge in [-0.25, -0.2) is 0 Å². The number of likely N-dealkylation sites (N-methyl/N-ethyl adjacent to an activating group) is 1. The maximum Gasteiger partial charge on any atom is 0.0640 e. The molecule has 0 aliphatic heterocycles. The van der Waals surface area contributed by atoms with Crippen molar-refractivity contribution in [2.45, 2.75) is 32.2 Å². The molecule has 0 saturated heterocycles. The van der Waals surface area contributed by atoms with E-state index in [1.165, 1.54) is 18.5 Å². The highest BCUT2D eigenvalue weighted by atomic mass is 15.2. The smallest absolute Gasteiger partial charge is 0.0640 e. The van der Waals surface area contributed by atoms with E-state index in [9.17, 15) is 0 Å². The lowest BCUT2D eigenvalue weighted by molar-refractivity contribution is 0.373. The van der Waals surface area contributed by atoms with Gasteiger partial charge < -0.3 is 5.32 Å². The van der Waals surface area contributed by atoms with Crippen LogP contribution in [0.25, 0.3) is 0 Å². The van der Waals surface area contributed by atoms with Crippen LogP contribution >= 0.6 is 0 Å². The van der Waals surface area contributed by atoms with Gasteiger partial charge >= 0.3 is 0 Å². The molecule has 78 valence electrons. The summed E-state index contributed by atoms with van der Waals surface area (Å²) in [6.07, 6.45) is 5.77. The standard InChI is InChI=1S/C11H19N3/c1-11(5-6-11)10(12-2)8-9-4-7-14(3)13-9/h4,7,10,12H,5-6,8H2,1-3H3. The minimum atomic E-state index is 0.520. The third-order valence-electron chi connectivity index (χ3n) is 3.41. The zero-order chi connectivity index (χ0) is 10.2. The van der Waals surface area contributed by atoms with Crippen LogP contribution in [0.3, 0.4) is 0 Å². The average molecular weight is 193 g/mol. The van der Waals surface area contributed by atoms with Crippen LogP contribution in [0.1, 0.15) is 25.5 Å². The molecule has 0 bridgehead atoms. The summed E-state index contributed by atoms with van der Waals surface area (Å²) in [7, 11) is 4.02. The number of nitrogens with zero attached hydrogens (tertiary/aromatic N) is 2. The van der Waals surface area contributed by atoms with Gasteiger partial charge in [-0.3, -0.25) is 4.68 Å². The molecule has 0 radical (unpaired) electrons. The van der Waals surface area contributed by atoms with E-state index in [0.29, 0.717) is 11.5 Å². The van der Waals surface area contributed by atoms with Crippen molar-refractivity contribution >= 4 is 0 Å². The Kier molecular flexibility index (Phi) is 2.35. The fourth-order valence-corrected chi connectivity index (χ4v) is 2.02. The summed E-state index contributed by atoms with van der Waals surface area (Å²) in [6, 6.07) is 2.69. The Hall–Kier alpha value is -0.830. The molecule has 1 N–H and O–H groups in total. The molecule has 0 spiro atoms. The van der Waals surface area contributed by atoms with Gasteiger partial charge in [-0.2, -0.15) is 5.10 Å². The molecule has 14 heavy (non-hydrogen) atoms. The molecule has 1 aromatic rings. The predicted octanol–water partition coefficient (Wildman–Crippen LogP) is 1.35. The number of nitrogens with one attached hydrogen (secondary N) is 1. The summed E-state index contributed by atoms with van der Waals surface area (Å²) < 4.78 is 1.87. The van der Waals surface area contributed by atoms with Gasteiger partial charge in [0, 0.05) is 25.7 Å². The van der Waals surface area contributed by atoms with Crippen LogP contribution < -0.4 is 5.32 Å². The largest absolute Gasteiger partial charge is 0.316 e. The van der Waals surface area contributed by atoms with Crippen molar-refractivity contribution in [2.75, 3.05) is 7.05 Å². The number of rotatable bonds is 4. The number of aryl methyl sites for hydroxylation is 1. The van der Waals surface area contributed by atoms with Crippen molar-refractivity contribution in [2.24, 2.45) is 12.5 Å². The second kappa shape index (κ2) is 3.39. The second-order valence-corrected chi connectivity index (χ2v) is 4.68. The van der Waals surface area contributed by atoms with Gasteiger partial charge in [0.25, 0.3) is 0 Å². The molecule has 1 heterocycles. The van der Waals surface area contributed by atoms with E-state index < -0.39 is 0 Å². The van der Waals surface area contributed by atoms with E-state index in [1.54, 1.807) is 0 Å². The maximum atomic E-state index is 4.42. The minimum Gasteiger partial charge on any atom is -0.316 e. The lowest BCUT2D eigenvalue weighted by Gasteiger charge is -2.21. The summed E-state index contributed by atoms with van der Waals surface area (Å²) in [4.78, 5) is 0. The quantitative estimate of drug-likeness (QED) is 0.782. The molecule has 0 aromatic carbocycles. The third-order valence-corrected chi connectivity index (χ3v) is 3.41. The van der Waals surface area contributed by atoms with Crippen molar-refractivity contribution in [3.63, 3.8) is 0 Å². The summed E-state index contributed by atoms with van der Waals surface area (Å²) >= 11 is 0. The van der Waals surface area contributed by atoms with E-state index in [-0.39, 0.29) is 0 Å². The van der Waals surface area contributed by atoms with Crippen molar-refractivity contribution < 1.29 is 0 Å². The monoisotopic (exact) mass is 193 g/mol. The van der Waals surface area contributed by atoms with Crippen LogP contribution in [0.4, 0.5) is 0 Å². The third kappa shape index (κ3) is 1.82. The first-order chi connectivity index (χ1) is 6.64. The molecule has 0 amide bonds. The Morgan fingerprint density at radius 1 is 1.64 bits per heavy atom. The van der Waals surface area contributed by atoms with Crippen molar-refractivity contribution in [3.8, 4) is 0 Å². The van der Waals surface area contributed by atoms with Crippen LogP contribution in [0, 0.1) is 5.41 Å². The van der Waals surface area contributed by atoms with E-state index in [4.69, 9.17) is 0 Å². The topological polar surface area (TPSA) is 29.9 Å². The zero-order valence-electron chi connectivity index (χ0n) is 9.25. The predicted molar refractivity (Wildman–Crippen MR) is 57.1 cm³/mol. The van der Waals surface area contributed by atoms with Crippen LogP contribution in [-0.4, -0.2) is 22.9 Å². The fraction of sp³-hybridized carbons (Fsp3) is 0.727. The number of hydrogen-bond donors (Lipinski definition) is 1. The summed E-state index contributed by atoms with van der Waals surface area (Å²) in [5.41, 5.74) is 1.71. The summed E-state index contributed by atoms with van der Waals surface area (Å²) in [5, 5.41) is 7.83. The molecule has 1 aliphatic carbocycles.